The van der Waals surface area contributed by atoms with Gasteiger partial charge >= 0.3 is 0 Å². The van der Waals surface area contributed by atoms with Crippen LogP contribution in [0.2, 0.25) is 0 Å². The largest absolute Gasteiger partial charge is 0.361 e. The summed E-state index contributed by atoms with van der Waals surface area (Å²) in [4.78, 5) is 15.4. The molecule has 0 spiro atoms. The smallest absolute Gasteiger partial charge is 0.146 e. The van der Waals surface area contributed by atoms with E-state index in [0.29, 0.717) is 18.2 Å². The molecular weight excluding hydrogens is 357 g/mol. The molecule has 1 aliphatic heterocycles. The van der Waals surface area contributed by atoms with E-state index in [1.54, 1.807) is 18.6 Å². The lowest BCUT2D eigenvalue weighted by Gasteiger charge is -2.32. The van der Waals surface area contributed by atoms with Crippen molar-refractivity contribution in [1.29, 1.82) is 0 Å². The summed E-state index contributed by atoms with van der Waals surface area (Å²) in [7, 11) is 0. The summed E-state index contributed by atoms with van der Waals surface area (Å²) < 4.78 is 19.2. The van der Waals surface area contributed by atoms with Crippen LogP contribution in [-0.4, -0.2) is 38.1 Å². The molecule has 146 valence electrons. The summed E-state index contributed by atoms with van der Waals surface area (Å²) in [6.45, 7) is 6.26. The molecule has 3 aromatic heterocycles. The number of rotatable bonds is 5. The molecule has 0 bridgehead atoms. The van der Waals surface area contributed by atoms with Crippen molar-refractivity contribution < 1.29 is 8.91 Å². The minimum Gasteiger partial charge on any atom is -0.361 e. The first-order chi connectivity index (χ1) is 13.6. The molecule has 4 heterocycles. The van der Waals surface area contributed by atoms with Crippen molar-refractivity contribution >= 4 is 0 Å². The van der Waals surface area contributed by atoms with E-state index < -0.39 is 0 Å². The SMILES string of the molecule is Cc1noc(C)c1-c1cc(C[C@H]2CCCN(Cc3ncccc3F)C2)ncn1. The van der Waals surface area contributed by atoms with Crippen LogP contribution in [0.3, 0.4) is 0 Å². The number of pyridine rings is 1. The van der Waals surface area contributed by atoms with Crippen molar-refractivity contribution in [3.63, 3.8) is 0 Å². The topological polar surface area (TPSA) is 67.9 Å². The maximum atomic E-state index is 13.9. The predicted molar refractivity (Wildman–Crippen MR) is 103 cm³/mol. The van der Waals surface area contributed by atoms with Crippen molar-refractivity contribution in [1.82, 2.24) is 25.0 Å². The van der Waals surface area contributed by atoms with Gasteiger partial charge in [-0.1, -0.05) is 5.16 Å². The van der Waals surface area contributed by atoms with Crippen LogP contribution in [0.5, 0.6) is 0 Å². The highest BCUT2D eigenvalue weighted by molar-refractivity contribution is 5.63. The minimum atomic E-state index is -0.232. The van der Waals surface area contributed by atoms with Gasteiger partial charge < -0.3 is 4.52 Å². The lowest BCUT2D eigenvalue weighted by Crippen LogP contribution is -2.36. The number of likely N-dealkylation sites (tertiary alicyclic amines) is 1. The molecule has 1 aliphatic rings. The lowest BCUT2D eigenvalue weighted by atomic mass is 9.92. The zero-order chi connectivity index (χ0) is 19.5. The zero-order valence-corrected chi connectivity index (χ0v) is 16.2. The molecule has 6 nitrogen and oxygen atoms in total. The molecule has 28 heavy (non-hydrogen) atoms. The van der Waals surface area contributed by atoms with Gasteiger partial charge in [-0.15, -0.1) is 0 Å². The summed E-state index contributed by atoms with van der Waals surface area (Å²) >= 11 is 0. The second-order valence-electron chi connectivity index (χ2n) is 7.47. The van der Waals surface area contributed by atoms with Gasteiger partial charge in [-0.05, 0) is 63.8 Å². The van der Waals surface area contributed by atoms with E-state index in [0.717, 1.165) is 60.8 Å². The fourth-order valence-corrected chi connectivity index (χ4v) is 4.00. The first-order valence-electron chi connectivity index (χ1n) is 9.66. The van der Waals surface area contributed by atoms with Crippen LogP contribution in [0.25, 0.3) is 11.3 Å². The van der Waals surface area contributed by atoms with E-state index >= 15 is 0 Å². The second-order valence-corrected chi connectivity index (χ2v) is 7.47. The van der Waals surface area contributed by atoms with Gasteiger partial charge in [0, 0.05) is 25.0 Å². The van der Waals surface area contributed by atoms with E-state index in [1.807, 2.05) is 19.9 Å². The summed E-state index contributed by atoms with van der Waals surface area (Å²) in [6.07, 6.45) is 6.38. The van der Waals surface area contributed by atoms with Crippen LogP contribution in [0.1, 0.15) is 35.7 Å². The summed E-state index contributed by atoms with van der Waals surface area (Å²) in [6, 6.07) is 5.13. The fourth-order valence-electron chi connectivity index (χ4n) is 4.00. The van der Waals surface area contributed by atoms with Gasteiger partial charge in [-0.25, -0.2) is 14.4 Å². The van der Waals surface area contributed by atoms with Crippen molar-refractivity contribution in [3.8, 4) is 11.3 Å². The first-order valence-corrected chi connectivity index (χ1v) is 9.66. The molecule has 4 rings (SSSR count). The number of nitrogens with zero attached hydrogens (tertiary/aromatic N) is 5. The van der Waals surface area contributed by atoms with Gasteiger partial charge in [-0.2, -0.15) is 0 Å². The van der Waals surface area contributed by atoms with Crippen LogP contribution in [0.4, 0.5) is 4.39 Å². The highest BCUT2D eigenvalue weighted by Crippen LogP contribution is 2.27. The third kappa shape index (κ3) is 4.09. The number of aromatic nitrogens is 4. The van der Waals surface area contributed by atoms with E-state index in [2.05, 4.69) is 25.0 Å². The average Bonchev–Trinajstić information content (AvgIpc) is 3.02. The van der Waals surface area contributed by atoms with Gasteiger partial charge in [-0.3, -0.25) is 9.88 Å². The Bertz CT molecular complexity index is 938. The van der Waals surface area contributed by atoms with E-state index in [4.69, 9.17) is 4.52 Å². The Morgan fingerprint density at radius 1 is 1.25 bits per heavy atom. The Hall–Kier alpha value is -2.67. The number of hydrogen-bond acceptors (Lipinski definition) is 6. The van der Waals surface area contributed by atoms with Gasteiger partial charge in [0.1, 0.15) is 17.9 Å². The summed E-state index contributed by atoms with van der Waals surface area (Å²) in [5, 5.41) is 4.02. The van der Waals surface area contributed by atoms with Crippen molar-refractivity contribution in [3.05, 3.63) is 59.4 Å². The zero-order valence-electron chi connectivity index (χ0n) is 16.2. The third-order valence-electron chi connectivity index (χ3n) is 5.32. The highest BCUT2D eigenvalue weighted by atomic mass is 19.1. The van der Waals surface area contributed by atoms with Crippen LogP contribution >= 0.6 is 0 Å². The maximum Gasteiger partial charge on any atom is 0.146 e. The molecular formula is C21H24FN5O. The molecule has 1 atom stereocenters. The Kier molecular flexibility index (Phi) is 5.43. The highest BCUT2D eigenvalue weighted by Gasteiger charge is 2.22. The summed E-state index contributed by atoms with van der Waals surface area (Å²) in [5.41, 5.74) is 4.17. The average molecular weight is 381 g/mol. The third-order valence-corrected chi connectivity index (χ3v) is 5.32. The van der Waals surface area contributed by atoms with Gasteiger partial charge in [0.25, 0.3) is 0 Å². The van der Waals surface area contributed by atoms with Crippen LogP contribution in [0.15, 0.2) is 35.2 Å². The lowest BCUT2D eigenvalue weighted by molar-refractivity contribution is 0.163. The number of aryl methyl sites for hydroxylation is 2. The maximum absolute atomic E-state index is 13.9. The second kappa shape index (κ2) is 8.14. The molecule has 7 heteroatoms. The Balaban J connectivity index is 1.44. The molecule has 3 aromatic rings. The summed E-state index contributed by atoms with van der Waals surface area (Å²) in [5.74, 6) is 1.01. The van der Waals surface area contributed by atoms with Gasteiger partial charge in [0.05, 0.1) is 22.6 Å². The minimum absolute atomic E-state index is 0.232. The molecule has 0 aliphatic carbocycles. The predicted octanol–water partition coefficient (Wildman–Crippen LogP) is 3.74. The molecule has 0 saturated carbocycles. The Labute approximate surface area is 163 Å². The molecule has 0 unspecified atom stereocenters. The Morgan fingerprint density at radius 2 is 2.14 bits per heavy atom. The molecule has 0 N–H and O–H groups in total. The monoisotopic (exact) mass is 381 g/mol. The number of halogens is 1. The van der Waals surface area contributed by atoms with Gasteiger partial charge in [0.2, 0.25) is 0 Å². The van der Waals surface area contributed by atoms with Crippen LogP contribution in [-0.2, 0) is 13.0 Å². The molecule has 0 aromatic carbocycles. The Morgan fingerprint density at radius 3 is 2.93 bits per heavy atom. The normalized spacial score (nSPS) is 17.8. The molecule has 0 radical (unpaired) electrons. The number of hydrogen-bond donors (Lipinski definition) is 0. The van der Waals surface area contributed by atoms with Gasteiger partial charge in [0.15, 0.2) is 0 Å². The van der Waals surface area contributed by atoms with Crippen molar-refractivity contribution in [2.75, 3.05) is 13.1 Å². The van der Waals surface area contributed by atoms with E-state index in [9.17, 15) is 4.39 Å². The van der Waals surface area contributed by atoms with E-state index in [1.165, 1.54) is 6.07 Å². The van der Waals surface area contributed by atoms with E-state index in [-0.39, 0.29) is 5.82 Å². The number of piperidine rings is 1. The van der Waals surface area contributed by atoms with Crippen molar-refractivity contribution in [2.45, 2.75) is 39.7 Å². The quantitative estimate of drug-likeness (QED) is 0.671. The first kappa shape index (κ1) is 18.7. The van der Waals surface area contributed by atoms with Crippen LogP contribution < -0.4 is 0 Å². The molecule has 0 amide bonds. The van der Waals surface area contributed by atoms with Crippen LogP contribution in [0, 0.1) is 25.6 Å². The fraction of sp³-hybridized carbons (Fsp3) is 0.429. The molecule has 1 fully saturated rings. The molecule has 1 saturated heterocycles. The standard InChI is InChI=1S/C21H24FN5O/c1-14-21(15(2)28-26-14)19-10-17(24-13-25-19)9-16-5-4-8-27(11-16)12-20-18(22)6-3-7-23-20/h3,6-7,10,13,16H,4-5,8-9,11-12H2,1-2H3/t16-/m1/s1. The van der Waals surface area contributed by atoms with Crippen molar-refractivity contribution in [2.24, 2.45) is 5.92 Å².